The Morgan fingerprint density at radius 3 is 2.59 bits per heavy atom. The van der Waals surface area contributed by atoms with E-state index >= 15 is 0 Å². The molecule has 6 rings (SSSR count). The van der Waals surface area contributed by atoms with Crippen LogP contribution in [0.2, 0.25) is 0 Å². The van der Waals surface area contributed by atoms with Crippen molar-refractivity contribution in [1.82, 2.24) is 4.90 Å². The number of anilines is 2. The maximum atomic E-state index is 14.0. The van der Waals surface area contributed by atoms with Gasteiger partial charge in [-0.2, -0.15) is 0 Å². The molecule has 3 aromatic rings. The second kappa shape index (κ2) is 9.92. The summed E-state index contributed by atoms with van der Waals surface area (Å²) in [6.07, 6.45) is 2.07. The van der Waals surface area contributed by atoms with E-state index < -0.39 is 6.04 Å². The number of rotatable bonds is 4. The van der Waals surface area contributed by atoms with Gasteiger partial charge in [0.2, 0.25) is 5.91 Å². The van der Waals surface area contributed by atoms with Gasteiger partial charge in [-0.15, -0.1) is 0 Å². The highest BCUT2D eigenvalue weighted by Crippen LogP contribution is 2.48. The summed E-state index contributed by atoms with van der Waals surface area (Å²) in [4.78, 5) is 32.0. The molecule has 1 unspecified atom stereocenters. The molecule has 1 amide bonds. The first kappa shape index (κ1) is 25.2. The number of methoxy groups -OCH3 is 1. The van der Waals surface area contributed by atoms with Crippen LogP contribution in [0.25, 0.3) is 0 Å². The van der Waals surface area contributed by atoms with Gasteiger partial charge >= 0.3 is 0 Å². The summed E-state index contributed by atoms with van der Waals surface area (Å²) >= 11 is 0. The topological polar surface area (TPSA) is 61.9 Å². The van der Waals surface area contributed by atoms with Crippen LogP contribution in [0.5, 0.6) is 5.75 Å². The number of carbonyl (C=O) groups excluding carboxylic acids is 2. The van der Waals surface area contributed by atoms with Crippen molar-refractivity contribution in [2.75, 3.05) is 30.4 Å². The van der Waals surface area contributed by atoms with Crippen molar-refractivity contribution in [2.45, 2.75) is 45.7 Å². The first-order valence-corrected chi connectivity index (χ1v) is 13.7. The van der Waals surface area contributed by atoms with E-state index in [1.54, 1.807) is 7.11 Å². The minimum absolute atomic E-state index is 0.0554. The quantitative estimate of drug-likeness (QED) is 0.464. The van der Waals surface area contributed by atoms with Crippen LogP contribution in [0.15, 0.2) is 84.1 Å². The van der Waals surface area contributed by atoms with Crippen LogP contribution in [0.4, 0.5) is 11.4 Å². The van der Waals surface area contributed by atoms with Gasteiger partial charge in [0, 0.05) is 30.8 Å². The fraction of sp³-hybridized carbons (Fsp3) is 0.333. The fourth-order valence-electron chi connectivity index (χ4n) is 6.34. The molecular formula is C33H35N3O3. The highest BCUT2D eigenvalue weighted by atomic mass is 16.5. The van der Waals surface area contributed by atoms with Gasteiger partial charge in [0.15, 0.2) is 5.78 Å². The van der Waals surface area contributed by atoms with E-state index in [0.717, 1.165) is 46.8 Å². The lowest BCUT2D eigenvalue weighted by molar-refractivity contribution is -0.130. The van der Waals surface area contributed by atoms with Crippen LogP contribution in [0.1, 0.15) is 49.4 Å². The molecular weight excluding hydrogens is 486 g/mol. The molecule has 2 heterocycles. The highest BCUT2D eigenvalue weighted by Gasteiger charge is 2.42. The normalized spacial score (nSPS) is 19.9. The number of ether oxygens (including phenoxy) is 1. The highest BCUT2D eigenvalue weighted by molar-refractivity contribution is 6.02. The Balaban J connectivity index is 1.46. The van der Waals surface area contributed by atoms with Gasteiger partial charge in [0.1, 0.15) is 5.75 Å². The molecule has 0 fully saturated rings. The predicted octanol–water partition coefficient (Wildman–Crippen LogP) is 5.90. The lowest BCUT2D eigenvalue weighted by Crippen LogP contribution is -2.45. The standard InChI is InChI=1S/C33H35N3O3/c1-33(2)18-27-31(29(37)19-33)32(23-11-8-12-25(17-23)39-3)36(28-14-7-6-13-26(28)34-27)21-30(38)35-16-15-22-9-4-5-10-24(22)20-35/h4-14,17,32,34H,15-16,18-21H2,1-3H3. The number of para-hydroxylation sites is 2. The Kier molecular flexibility index (Phi) is 6.42. The fourth-order valence-corrected chi connectivity index (χ4v) is 6.34. The SMILES string of the molecule is COc1cccc(C2C3=C(CC(C)(C)CC3=O)Nc3ccccc3N2CC(=O)N2CCc3ccccc3C2)c1. The number of nitrogens with zero attached hydrogens (tertiary/aromatic N) is 2. The molecule has 6 nitrogen and oxygen atoms in total. The number of allylic oxidation sites excluding steroid dienone is 1. The number of ketones is 1. The number of amides is 1. The lowest BCUT2D eigenvalue weighted by Gasteiger charge is -2.39. The van der Waals surface area contributed by atoms with Crippen LogP contribution in [0, 0.1) is 5.41 Å². The van der Waals surface area contributed by atoms with Crippen LogP contribution < -0.4 is 15.0 Å². The zero-order valence-corrected chi connectivity index (χ0v) is 22.9. The number of nitrogens with one attached hydrogen (secondary N) is 1. The summed E-state index contributed by atoms with van der Waals surface area (Å²) in [7, 11) is 1.65. The number of carbonyl (C=O) groups is 2. The van der Waals surface area contributed by atoms with Gasteiger partial charge in [0.25, 0.3) is 0 Å². The second-order valence-corrected chi connectivity index (χ2v) is 11.6. The summed E-state index contributed by atoms with van der Waals surface area (Å²) in [6, 6.07) is 23.9. The predicted molar refractivity (Wildman–Crippen MR) is 154 cm³/mol. The summed E-state index contributed by atoms with van der Waals surface area (Å²) in [5.74, 6) is 0.904. The van der Waals surface area contributed by atoms with Crippen LogP contribution in [-0.4, -0.2) is 36.8 Å². The van der Waals surface area contributed by atoms with E-state index in [0.29, 0.717) is 19.5 Å². The molecule has 2 aliphatic heterocycles. The van der Waals surface area contributed by atoms with Crippen molar-refractivity contribution in [2.24, 2.45) is 5.41 Å². The Morgan fingerprint density at radius 1 is 1.00 bits per heavy atom. The Hall–Kier alpha value is -4.06. The average molecular weight is 522 g/mol. The first-order valence-electron chi connectivity index (χ1n) is 13.7. The molecule has 1 atom stereocenters. The van der Waals surface area contributed by atoms with Gasteiger partial charge in [-0.05, 0) is 59.2 Å². The zero-order chi connectivity index (χ0) is 27.1. The van der Waals surface area contributed by atoms with Crippen molar-refractivity contribution in [3.8, 4) is 5.75 Å². The van der Waals surface area contributed by atoms with Gasteiger partial charge in [0.05, 0.1) is 31.1 Å². The van der Waals surface area contributed by atoms with Crippen LogP contribution in [0.3, 0.4) is 0 Å². The zero-order valence-electron chi connectivity index (χ0n) is 22.9. The molecule has 1 N–H and O–H groups in total. The smallest absolute Gasteiger partial charge is 0.242 e. The third-order valence-electron chi connectivity index (χ3n) is 8.20. The summed E-state index contributed by atoms with van der Waals surface area (Å²) < 4.78 is 5.58. The Bertz CT molecular complexity index is 1470. The molecule has 3 aliphatic rings. The van der Waals surface area contributed by atoms with Gasteiger partial charge in [-0.3, -0.25) is 9.59 Å². The van der Waals surface area contributed by atoms with Crippen molar-refractivity contribution < 1.29 is 14.3 Å². The summed E-state index contributed by atoms with van der Waals surface area (Å²) in [6.45, 7) is 5.74. The van der Waals surface area contributed by atoms with E-state index in [2.05, 4.69) is 42.3 Å². The van der Waals surface area contributed by atoms with E-state index in [1.807, 2.05) is 59.5 Å². The van der Waals surface area contributed by atoms with E-state index in [1.165, 1.54) is 11.1 Å². The monoisotopic (exact) mass is 521 g/mol. The minimum Gasteiger partial charge on any atom is -0.497 e. The molecule has 6 heteroatoms. The molecule has 0 saturated heterocycles. The maximum Gasteiger partial charge on any atom is 0.242 e. The number of fused-ring (bicyclic) bond motifs is 2. The maximum absolute atomic E-state index is 14.0. The number of benzene rings is 3. The van der Waals surface area contributed by atoms with E-state index in [4.69, 9.17) is 4.74 Å². The third-order valence-corrected chi connectivity index (χ3v) is 8.20. The van der Waals surface area contributed by atoms with E-state index in [9.17, 15) is 9.59 Å². The average Bonchev–Trinajstić information content (AvgIpc) is 3.06. The third kappa shape index (κ3) is 4.80. The summed E-state index contributed by atoms with van der Waals surface area (Å²) in [5.41, 5.74) is 6.82. The van der Waals surface area contributed by atoms with Gasteiger partial charge in [-0.1, -0.05) is 62.4 Å². The number of hydrogen-bond acceptors (Lipinski definition) is 5. The van der Waals surface area contributed by atoms with Gasteiger partial charge in [-0.25, -0.2) is 0 Å². The Labute approximate surface area is 230 Å². The van der Waals surface area contributed by atoms with Crippen molar-refractivity contribution >= 4 is 23.1 Å². The molecule has 0 saturated carbocycles. The second-order valence-electron chi connectivity index (χ2n) is 11.6. The van der Waals surface area contributed by atoms with E-state index in [-0.39, 0.29) is 23.7 Å². The van der Waals surface area contributed by atoms with Crippen molar-refractivity contribution in [3.05, 3.63) is 101 Å². The first-order chi connectivity index (χ1) is 18.8. The molecule has 3 aromatic carbocycles. The Morgan fingerprint density at radius 2 is 1.77 bits per heavy atom. The van der Waals surface area contributed by atoms with Crippen molar-refractivity contribution in [3.63, 3.8) is 0 Å². The molecule has 0 aromatic heterocycles. The molecule has 1 aliphatic carbocycles. The summed E-state index contributed by atoms with van der Waals surface area (Å²) in [5, 5.41) is 3.63. The molecule has 39 heavy (non-hydrogen) atoms. The molecule has 0 spiro atoms. The van der Waals surface area contributed by atoms with Gasteiger partial charge < -0.3 is 19.9 Å². The largest absolute Gasteiger partial charge is 0.497 e. The molecule has 0 bridgehead atoms. The molecule has 0 radical (unpaired) electrons. The van der Waals surface area contributed by atoms with Crippen LogP contribution in [-0.2, 0) is 22.6 Å². The number of hydrogen-bond donors (Lipinski definition) is 1. The minimum atomic E-state index is -0.420. The number of Topliss-reactive ketones (excluding diaryl/α,β-unsaturated/α-hetero) is 1. The van der Waals surface area contributed by atoms with Crippen LogP contribution >= 0.6 is 0 Å². The van der Waals surface area contributed by atoms with Crippen molar-refractivity contribution in [1.29, 1.82) is 0 Å². The molecule has 200 valence electrons. The lowest BCUT2D eigenvalue weighted by atomic mass is 9.73.